The van der Waals surface area contributed by atoms with E-state index in [0.717, 1.165) is 0 Å². The Labute approximate surface area is 54.5 Å². The van der Waals surface area contributed by atoms with Crippen molar-refractivity contribution in [3.63, 3.8) is 0 Å². The van der Waals surface area contributed by atoms with Gasteiger partial charge in [0.05, 0.1) is 13.5 Å². The Morgan fingerprint density at radius 2 is 2.56 bits per heavy atom. The minimum absolute atomic E-state index is 0.208. The number of hydrogen-bond acceptors (Lipinski definition) is 3. The maximum absolute atomic E-state index is 10.4. The lowest BCUT2D eigenvalue weighted by Crippen LogP contribution is -2.21. The SMILES string of the molecule is C=C[C@H](N)CC(=O)OC. The molecule has 0 spiro atoms. The number of nitrogens with two attached hydrogens (primary N) is 1. The second-order valence-electron chi connectivity index (χ2n) is 1.68. The summed E-state index contributed by atoms with van der Waals surface area (Å²) in [6.45, 7) is 3.42. The summed E-state index contributed by atoms with van der Waals surface area (Å²) in [5, 5.41) is 0. The van der Waals surface area contributed by atoms with Crippen molar-refractivity contribution in [3.8, 4) is 0 Å². The molecule has 0 fully saturated rings. The van der Waals surface area contributed by atoms with E-state index in [4.69, 9.17) is 5.73 Å². The predicted octanol–water partition coefficient (Wildman–Crippen LogP) is 0.0628. The molecule has 0 aliphatic carbocycles. The number of rotatable bonds is 3. The van der Waals surface area contributed by atoms with Crippen molar-refractivity contribution >= 4 is 5.97 Å². The molecule has 0 saturated carbocycles. The van der Waals surface area contributed by atoms with Crippen molar-refractivity contribution in [3.05, 3.63) is 12.7 Å². The minimum Gasteiger partial charge on any atom is -0.469 e. The second kappa shape index (κ2) is 4.09. The molecule has 9 heavy (non-hydrogen) atoms. The van der Waals surface area contributed by atoms with Crippen molar-refractivity contribution in [2.75, 3.05) is 7.11 Å². The summed E-state index contributed by atoms with van der Waals surface area (Å²) in [4.78, 5) is 10.4. The van der Waals surface area contributed by atoms with Gasteiger partial charge in [-0.15, -0.1) is 6.58 Å². The van der Waals surface area contributed by atoms with Crippen LogP contribution in [0.15, 0.2) is 12.7 Å². The molecule has 0 unspecified atom stereocenters. The molecule has 0 saturated heterocycles. The smallest absolute Gasteiger partial charge is 0.307 e. The molecule has 0 bridgehead atoms. The van der Waals surface area contributed by atoms with Gasteiger partial charge in [0.25, 0.3) is 0 Å². The van der Waals surface area contributed by atoms with Gasteiger partial charge in [0, 0.05) is 6.04 Å². The van der Waals surface area contributed by atoms with Crippen molar-refractivity contribution in [1.29, 1.82) is 0 Å². The van der Waals surface area contributed by atoms with Crippen LogP contribution in [0.1, 0.15) is 6.42 Å². The van der Waals surface area contributed by atoms with E-state index in [1.165, 1.54) is 13.2 Å². The second-order valence-corrected chi connectivity index (χ2v) is 1.68. The first-order chi connectivity index (χ1) is 4.20. The van der Waals surface area contributed by atoms with Gasteiger partial charge >= 0.3 is 5.97 Å². The van der Waals surface area contributed by atoms with Crippen molar-refractivity contribution in [1.82, 2.24) is 0 Å². The summed E-state index contributed by atoms with van der Waals surface area (Å²) in [7, 11) is 1.33. The number of methoxy groups -OCH3 is 1. The van der Waals surface area contributed by atoms with Gasteiger partial charge in [0.15, 0.2) is 0 Å². The topological polar surface area (TPSA) is 52.3 Å². The first-order valence-corrected chi connectivity index (χ1v) is 2.65. The van der Waals surface area contributed by atoms with Crippen LogP contribution in [0.25, 0.3) is 0 Å². The zero-order chi connectivity index (χ0) is 7.28. The van der Waals surface area contributed by atoms with Crippen LogP contribution in [0.4, 0.5) is 0 Å². The van der Waals surface area contributed by atoms with Crippen molar-refractivity contribution in [2.24, 2.45) is 5.73 Å². The lowest BCUT2D eigenvalue weighted by atomic mass is 10.2. The fourth-order valence-corrected chi connectivity index (χ4v) is 0.359. The van der Waals surface area contributed by atoms with Gasteiger partial charge in [-0.1, -0.05) is 6.08 Å². The summed E-state index contributed by atoms with van der Waals surface area (Å²) < 4.78 is 4.36. The van der Waals surface area contributed by atoms with E-state index in [0.29, 0.717) is 0 Å². The van der Waals surface area contributed by atoms with Crippen LogP contribution >= 0.6 is 0 Å². The highest BCUT2D eigenvalue weighted by atomic mass is 16.5. The average molecular weight is 129 g/mol. The van der Waals surface area contributed by atoms with E-state index in [9.17, 15) is 4.79 Å². The lowest BCUT2D eigenvalue weighted by molar-refractivity contribution is -0.140. The summed E-state index contributed by atoms with van der Waals surface area (Å²) in [5.74, 6) is -0.303. The third kappa shape index (κ3) is 3.73. The highest BCUT2D eigenvalue weighted by molar-refractivity contribution is 5.70. The van der Waals surface area contributed by atoms with Crippen molar-refractivity contribution < 1.29 is 9.53 Å². The Morgan fingerprint density at radius 3 is 2.89 bits per heavy atom. The molecule has 0 heterocycles. The molecule has 3 nitrogen and oxygen atoms in total. The highest BCUT2D eigenvalue weighted by Crippen LogP contribution is 1.89. The van der Waals surface area contributed by atoms with Gasteiger partial charge in [-0.05, 0) is 0 Å². The van der Waals surface area contributed by atoms with Crippen LogP contribution in [-0.4, -0.2) is 19.1 Å². The Balaban J connectivity index is 3.46. The third-order valence-corrected chi connectivity index (χ3v) is 0.933. The minimum atomic E-state index is -0.303. The van der Waals surface area contributed by atoms with Crippen LogP contribution in [0.5, 0.6) is 0 Å². The van der Waals surface area contributed by atoms with Crippen LogP contribution in [0.3, 0.4) is 0 Å². The normalized spacial score (nSPS) is 12.2. The first kappa shape index (κ1) is 8.17. The molecule has 0 aromatic heterocycles. The summed E-state index contributed by atoms with van der Waals surface area (Å²) in [6.07, 6.45) is 1.72. The van der Waals surface area contributed by atoms with Gasteiger partial charge in [-0.3, -0.25) is 4.79 Å². The number of ether oxygens (including phenoxy) is 1. The molecule has 0 aliphatic heterocycles. The van der Waals surface area contributed by atoms with Gasteiger partial charge in [0.2, 0.25) is 0 Å². The molecule has 0 radical (unpaired) electrons. The average Bonchev–Trinajstić information content (AvgIpc) is 1.87. The lowest BCUT2D eigenvalue weighted by Gasteiger charge is -2.01. The van der Waals surface area contributed by atoms with Gasteiger partial charge in [-0.2, -0.15) is 0 Å². The van der Waals surface area contributed by atoms with E-state index < -0.39 is 0 Å². The van der Waals surface area contributed by atoms with Gasteiger partial charge in [-0.25, -0.2) is 0 Å². The molecule has 0 aromatic carbocycles. The zero-order valence-corrected chi connectivity index (χ0v) is 5.46. The number of carbonyl (C=O) groups is 1. The van der Waals surface area contributed by atoms with E-state index in [1.54, 1.807) is 0 Å². The first-order valence-electron chi connectivity index (χ1n) is 2.65. The molecule has 0 aliphatic rings. The molecule has 1 atom stereocenters. The predicted molar refractivity (Wildman–Crippen MR) is 34.8 cm³/mol. The maximum atomic E-state index is 10.4. The Kier molecular flexibility index (Phi) is 3.71. The standard InChI is InChI=1S/C6H11NO2/c1-3-5(7)4-6(8)9-2/h3,5H,1,4,7H2,2H3/t5-/m0/s1. The van der Waals surface area contributed by atoms with Crippen LogP contribution < -0.4 is 5.73 Å². The largest absolute Gasteiger partial charge is 0.469 e. The maximum Gasteiger partial charge on any atom is 0.307 e. The summed E-state index contributed by atoms with van der Waals surface area (Å²) in [6, 6.07) is -0.280. The Hall–Kier alpha value is -0.830. The molecule has 3 heteroatoms. The van der Waals surface area contributed by atoms with E-state index >= 15 is 0 Å². The molecule has 0 amide bonds. The quantitative estimate of drug-likeness (QED) is 0.433. The van der Waals surface area contributed by atoms with Crippen LogP contribution in [-0.2, 0) is 9.53 Å². The van der Waals surface area contributed by atoms with Gasteiger partial charge in [0.1, 0.15) is 0 Å². The van der Waals surface area contributed by atoms with Gasteiger partial charge < -0.3 is 10.5 Å². The monoisotopic (exact) mass is 129 g/mol. The zero-order valence-electron chi connectivity index (χ0n) is 5.46. The number of carbonyl (C=O) groups excluding carboxylic acids is 1. The molecule has 2 N–H and O–H groups in total. The summed E-state index contributed by atoms with van der Waals surface area (Å²) >= 11 is 0. The number of hydrogen-bond donors (Lipinski definition) is 1. The van der Waals surface area contributed by atoms with Crippen LogP contribution in [0.2, 0.25) is 0 Å². The highest BCUT2D eigenvalue weighted by Gasteiger charge is 2.03. The van der Waals surface area contributed by atoms with Crippen molar-refractivity contribution in [2.45, 2.75) is 12.5 Å². The fraction of sp³-hybridized carbons (Fsp3) is 0.500. The molecule has 0 rings (SSSR count). The fourth-order valence-electron chi connectivity index (χ4n) is 0.359. The van der Waals surface area contributed by atoms with E-state index in [2.05, 4.69) is 11.3 Å². The number of esters is 1. The Bertz CT molecular complexity index is 112. The Morgan fingerprint density at radius 1 is 2.00 bits per heavy atom. The molecule has 0 aromatic rings. The molecular weight excluding hydrogens is 118 g/mol. The molecule has 52 valence electrons. The summed E-state index contributed by atoms with van der Waals surface area (Å²) in [5.41, 5.74) is 5.33. The molecular formula is C6H11NO2. The van der Waals surface area contributed by atoms with E-state index in [-0.39, 0.29) is 18.4 Å². The van der Waals surface area contributed by atoms with Crippen LogP contribution in [0, 0.1) is 0 Å². The third-order valence-electron chi connectivity index (χ3n) is 0.933. The van der Waals surface area contributed by atoms with E-state index in [1.807, 2.05) is 0 Å².